The van der Waals surface area contributed by atoms with E-state index in [1.54, 1.807) is 17.9 Å². The van der Waals surface area contributed by atoms with E-state index < -0.39 is 5.60 Å². The van der Waals surface area contributed by atoms with Gasteiger partial charge < -0.3 is 14.2 Å². The number of carbonyl (C=O) groups excluding carboxylic acids is 2. The van der Waals surface area contributed by atoms with Crippen molar-refractivity contribution in [2.45, 2.75) is 72.1 Å². The van der Waals surface area contributed by atoms with Gasteiger partial charge in [-0.2, -0.15) is 0 Å². The number of rotatable bonds is 6. The number of aryl methyl sites for hydroxylation is 1. The van der Waals surface area contributed by atoms with Gasteiger partial charge in [-0.05, 0) is 88.4 Å². The Morgan fingerprint density at radius 2 is 1.79 bits per heavy atom. The molecular formula is C31H40N2O5. The van der Waals surface area contributed by atoms with Crippen LogP contribution in [0.15, 0.2) is 42.6 Å². The van der Waals surface area contributed by atoms with Crippen LogP contribution in [0.1, 0.15) is 80.0 Å². The maximum Gasteiger partial charge on any atom is 0.419 e. The number of aromatic nitrogens is 1. The molecule has 0 bridgehead atoms. The normalized spacial score (nSPS) is 18.4. The van der Waals surface area contributed by atoms with Crippen LogP contribution in [0.25, 0.3) is 10.9 Å². The Kier molecular flexibility index (Phi) is 8.16. The van der Waals surface area contributed by atoms with Gasteiger partial charge in [0.05, 0.1) is 25.3 Å². The Balaban J connectivity index is 1.72. The predicted octanol–water partition coefficient (Wildman–Crippen LogP) is 6.89. The molecule has 0 radical (unpaired) electrons. The predicted molar refractivity (Wildman–Crippen MR) is 149 cm³/mol. The molecule has 0 unspecified atom stereocenters. The van der Waals surface area contributed by atoms with E-state index in [1.165, 1.54) is 12.7 Å². The highest BCUT2D eigenvalue weighted by Gasteiger charge is 2.31. The van der Waals surface area contributed by atoms with Crippen LogP contribution in [0, 0.1) is 12.8 Å². The molecule has 7 nitrogen and oxygen atoms in total. The summed E-state index contributed by atoms with van der Waals surface area (Å²) in [6.45, 7) is 11.5. The summed E-state index contributed by atoms with van der Waals surface area (Å²) in [4.78, 5) is 27.5. The summed E-state index contributed by atoms with van der Waals surface area (Å²) < 4.78 is 18.0. The Labute approximate surface area is 225 Å². The number of likely N-dealkylation sites (tertiary alicyclic amines) is 1. The highest BCUT2D eigenvalue weighted by molar-refractivity contribution is 5.95. The molecule has 1 aromatic heterocycles. The number of methoxy groups -OCH3 is 2. The second-order valence-corrected chi connectivity index (χ2v) is 11.2. The Hall–Kier alpha value is -3.32. The van der Waals surface area contributed by atoms with Crippen molar-refractivity contribution in [1.29, 1.82) is 0 Å². The second kappa shape index (κ2) is 11.2. The number of hydrogen-bond donors (Lipinski definition) is 0. The minimum absolute atomic E-state index is 0.203. The van der Waals surface area contributed by atoms with E-state index in [-0.39, 0.29) is 18.1 Å². The van der Waals surface area contributed by atoms with Crippen LogP contribution in [-0.4, -0.2) is 47.9 Å². The molecule has 4 rings (SSSR count). The zero-order valence-electron chi connectivity index (χ0n) is 23.7. The van der Waals surface area contributed by atoms with Crippen LogP contribution in [0.2, 0.25) is 0 Å². The standard InChI is InChI=1S/C31H40N2O5/c1-8-21-13-15-32(26(18-21)22-9-11-23(12-10-22)29(34)37-7)19-25-24-14-16-33(30(35)38-31(3,4)5)28(24)20(2)17-27(25)36-6/h9-12,14,16-17,21,26H,8,13,15,18-19H2,1-7H3/t21-,26+/m1/s1. The van der Waals surface area contributed by atoms with Crippen molar-refractivity contribution in [2.75, 3.05) is 20.8 Å². The average molecular weight is 521 g/mol. The molecule has 1 fully saturated rings. The van der Waals surface area contributed by atoms with Crippen molar-refractivity contribution in [1.82, 2.24) is 9.47 Å². The number of carbonyl (C=O) groups is 2. The SMILES string of the molecule is CC[C@@H]1CCN(Cc2c(OC)cc(C)c3c2ccn3C(=O)OC(C)(C)C)[C@H](c2ccc(C(=O)OC)cc2)C1. The van der Waals surface area contributed by atoms with E-state index in [2.05, 4.69) is 11.8 Å². The van der Waals surface area contributed by atoms with E-state index in [0.717, 1.165) is 53.6 Å². The van der Waals surface area contributed by atoms with Gasteiger partial charge in [0, 0.05) is 29.7 Å². The fourth-order valence-corrected chi connectivity index (χ4v) is 5.53. The molecular weight excluding hydrogens is 480 g/mol. The van der Waals surface area contributed by atoms with Gasteiger partial charge in [-0.15, -0.1) is 0 Å². The monoisotopic (exact) mass is 520 g/mol. The topological polar surface area (TPSA) is 70.0 Å². The first-order valence-corrected chi connectivity index (χ1v) is 13.4. The molecule has 0 aliphatic carbocycles. The number of fused-ring (bicyclic) bond motifs is 1. The van der Waals surface area contributed by atoms with Gasteiger partial charge in [-0.1, -0.05) is 25.5 Å². The second-order valence-electron chi connectivity index (χ2n) is 11.2. The van der Waals surface area contributed by atoms with E-state index >= 15 is 0 Å². The van der Waals surface area contributed by atoms with Crippen LogP contribution in [-0.2, 0) is 16.0 Å². The van der Waals surface area contributed by atoms with E-state index in [0.29, 0.717) is 18.0 Å². The first-order chi connectivity index (χ1) is 18.1. The van der Waals surface area contributed by atoms with Gasteiger partial charge >= 0.3 is 12.1 Å². The van der Waals surface area contributed by atoms with Crippen molar-refractivity contribution in [3.63, 3.8) is 0 Å². The number of piperidine rings is 1. The maximum absolute atomic E-state index is 13.0. The number of hydrogen-bond acceptors (Lipinski definition) is 6. The summed E-state index contributed by atoms with van der Waals surface area (Å²) >= 11 is 0. The first-order valence-electron chi connectivity index (χ1n) is 13.4. The van der Waals surface area contributed by atoms with Crippen molar-refractivity contribution >= 4 is 23.0 Å². The Bertz CT molecular complexity index is 1300. The molecule has 7 heteroatoms. The third kappa shape index (κ3) is 5.73. The Morgan fingerprint density at radius 1 is 1.08 bits per heavy atom. The van der Waals surface area contributed by atoms with Gasteiger partial charge in [-0.25, -0.2) is 9.59 Å². The quantitative estimate of drug-likeness (QED) is 0.330. The number of nitrogens with zero attached hydrogens (tertiary/aromatic N) is 2. The smallest absolute Gasteiger partial charge is 0.419 e. The van der Waals surface area contributed by atoms with Crippen molar-refractivity contribution in [3.8, 4) is 5.75 Å². The Morgan fingerprint density at radius 3 is 2.39 bits per heavy atom. The third-order valence-corrected chi connectivity index (χ3v) is 7.52. The fourth-order valence-electron chi connectivity index (χ4n) is 5.53. The minimum Gasteiger partial charge on any atom is -0.496 e. The summed E-state index contributed by atoms with van der Waals surface area (Å²) in [6, 6.07) is 12.0. The molecule has 2 aromatic carbocycles. The highest BCUT2D eigenvalue weighted by Crippen LogP contribution is 2.40. The maximum atomic E-state index is 13.0. The van der Waals surface area contributed by atoms with E-state index in [9.17, 15) is 9.59 Å². The van der Waals surface area contributed by atoms with E-state index in [1.807, 2.05) is 64.1 Å². The molecule has 3 aromatic rings. The number of ether oxygens (including phenoxy) is 3. The van der Waals surface area contributed by atoms with Crippen LogP contribution in [0.5, 0.6) is 5.75 Å². The van der Waals surface area contributed by atoms with Gasteiger partial charge in [0.25, 0.3) is 0 Å². The van der Waals surface area contributed by atoms with Crippen molar-refractivity contribution in [2.24, 2.45) is 5.92 Å². The fraction of sp³-hybridized carbons (Fsp3) is 0.484. The molecule has 0 amide bonds. The lowest BCUT2D eigenvalue weighted by molar-refractivity contribution is 0.0542. The molecule has 2 heterocycles. The molecule has 2 atom stereocenters. The molecule has 1 saturated heterocycles. The molecule has 38 heavy (non-hydrogen) atoms. The zero-order valence-corrected chi connectivity index (χ0v) is 23.7. The van der Waals surface area contributed by atoms with Crippen LogP contribution < -0.4 is 4.74 Å². The number of esters is 1. The largest absolute Gasteiger partial charge is 0.496 e. The van der Waals surface area contributed by atoms with E-state index in [4.69, 9.17) is 14.2 Å². The first kappa shape index (κ1) is 27.7. The van der Waals surface area contributed by atoms with Gasteiger partial charge in [-0.3, -0.25) is 9.47 Å². The average Bonchev–Trinajstić information content (AvgIpc) is 3.35. The molecule has 204 valence electrons. The summed E-state index contributed by atoms with van der Waals surface area (Å²) in [5.74, 6) is 1.13. The van der Waals surface area contributed by atoms with Crippen LogP contribution >= 0.6 is 0 Å². The number of benzene rings is 2. The molecule has 0 saturated carbocycles. The minimum atomic E-state index is -0.586. The summed E-state index contributed by atoms with van der Waals surface area (Å²) in [6.07, 6.45) is 4.72. The summed E-state index contributed by atoms with van der Waals surface area (Å²) in [5, 5.41) is 0.991. The highest BCUT2D eigenvalue weighted by atomic mass is 16.6. The molecule has 0 N–H and O–H groups in total. The molecule has 1 aliphatic rings. The lowest BCUT2D eigenvalue weighted by Gasteiger charge is -2.40. The summed E-state index contributed by atoms with van der Waals surface area (Å²) in [7, 11) is 3.10. The lowest BCUT2D eigenvalue weighted by Crippen LogP contribution is -2.36. The van der Waals surface area contributed by atoms with Crippen LogP contribution in [0.4, 0.5) is 4.79 Å². The zero-order chi connectivity index (χ0) is 27.6. The van der Waals surface area contributed by atoms with Gasteiger partial charge in [0.2, 0.25) is 0 Å². The van der Waals surface area contributed by atoms with Crippen LogP contribution in [0.3, 0.4) is 0 Å². The summed E-state index contributed by atoms with van der Waals surface area (Å²) in [5.41, 5.74) is 4.01. The molecule has 1 aliphatic heterocycles. The van der Waals surface area contributed by atoms with Gasteiger partial charge in [0.1, 0.15) is 11.4 Å². The van der Waals surface area contributed by atoms with Gasteiger partial charge in [0.15, 0.2) is 0 Å². The van der Waals surface area contributed by atoms with Crippen molar-refractivity contribution in [3.05, 3.63) is 64.8 Å². The lowest BCUT2D eigenvalue weighted by atomic mass is 9.85. The third-order valence-electron chi connectivity index (χ3n) is 7.52. The molecule has 0 spiro atoms. The van der Waals surface area contributed by atoms with Crippen molar-refractivity contribution < 1.29 is 23.8 Å².